The summed E-state index contributed by atoms with van der Waals surface area (Å²) in [5.41, 5.74) is -0.379. The van der Waals surface area contributed by atoms with E-state index in [2.05, 4.69) is 15.6 Å². The summed E-state index contributed by atoms with van der Waals surface area (Å²) >= 11 is 6.86. The van der Waals surface area contributed by atoms with Crippen molar-refractivity contribution in [3.63, 3.8) is 0 Å². The highest BCUT2D eigenvalue weighted by Gasteiger charge is 2.33. The van der Waals surface area contributed by atoms with Gasteiger partial charge in [-0.1, -0.05) is 23.4 Å². The van der Waals surface area contributed by atoms with Gasteiger partial charge >= 0.3 is 6.18 Å². The van der Waals surface area contributed by atoms with Crippen molar-refractivity contribution in [1.29, 1.82) is 0 Å². The zero-order valence-electron chi connectivity index (χ0n) is 16.0. The van der Waals surface area contributed by atoms with Crippen molar-refractivity contribution in [3.8, 4) is 0 Å². The molecule has 2 N–H and O–H groups in total. The molecule has 0 radical (unpaired) electrons. The Morgan fingerprint density at radius 2 is 1.77 bits per heavy atom. The third-order valence-corrected chi connectivity index (χ3v) is 5.46. The van der Waals surface area contributed by atoms with Gasteiger partial charge in [-0.3, -0.25) is 9.59 Å². The number of thioether (sulfide) groups is 1. The molecule has 0 aliphatic rings. The summed E-state index contributed by atoms with van der Waals surface area (Å²) in [6.45, 7) is 0. The molecule has 3 rings (SSSR count). The van der Waals surface area contributed by atoms with Gasteiger partial charge in [0.15, 0.2) is 5.16 Å². The molecule has 11 heteroatoms. The van der Waals surface area contributed by atoms with Crippen LogP contribution in [0, 0.1) is 0 Å². The molecule has 3 aromatic rings. The largest absolute Gasteiger partial charge is 0.417 e. The number of imidazole rings is 1. The fraction of sp³-hybridized carbons (Fsp3) is 0.150. The Morgan fingerprint density at radius 1 is 1.10 bits per heavy atom. The first-order valence-electron chi connectivity index (χ1n) is 8.81. The van der Waals surface area contributed by atoms with Crippen LogP contribution in [0.25, 0.3) is 0 Å². The van der Waals surface area contributed by atoms with Crippen LogP contribution in [-0.2, 0) is 18.0 Å². The van der Waals surface area contributed by atoms with Gasteiger partial charge in [0.05, 0.1) is 16.3 Å². The van der Waals surface area contributed by atoms with Gasteiger partial charge in [-0.05, 0) is 42.5 Å². The Labute approximate surface area is 184 Å². The van der Waals surface area contributed by atoms with E-state index >= 15 is 0 Å². The number of nitrogens with zero attached hydrogens (tertiary/aromatic N) is 2. The number of rotatable bonds is 6. The number of carbonyl (C=O) groups is 2. The second-order valence-corrected chi connectivity index (χ2v) is 7.73. The first-order valence-corrected chi connectivity index (χ1v) is 10.2. The summed E-state index contributed by atoms with van der Waals surface area (Å²) in [6.07, 6.45) is -1.22. The number of aryl methyl sites for hydroxylation is 1. The zero-order valence-corrected chi connectivity index (χ0v) is 17.6. The molecule has 0 atom stereocenters. The predicted molar refractivity (Wildman–Crippen MR) is 113 cm³/mol. The third kappa shape index (κ3) is 6.02. The molecule has 0 unspecified atom stereocenters. The molecule has 2 amide bonds. The van der Waals surface area contributed by atoms with Gasteiger partial charge in [-0.15, -0.1) is 0 Å². The lowest BCUT2D eigenvalue weighted by Crippen LogP contribution is -2.15. The van der Waals surface area contributed by atoms with E-state index in [9.17, 15) is 22.8 Å². The van der Waals surface area contributed by atoms with Crippen LogP contribution >= 0.6 is 23.4 Å². The maximum absolute atomic E-state index is 13.0. The normalized spacial score (nSPS) is 11.3. The van der Waals surface area contributed by atoms with E-state index in [1.807, 2.05) is 7.05 Å². The van der Waals surface area contributed by atoms with Crippen molar-refractivity contribution in [2.24, 2.45) is 7.05 Å². The van der Waals surface area contributed by atoms with E-state index in [0.717, 1.165) is 12.1 Å². The quantitative estimate of drug-likeness (QED) is 0.495. The minimum absolute atomic E-state index is 0.0367. The number of hydrogen-bond donors (Lipinski definition) is 2. The van der Waals surface area contributed by atoms with E-state index in [-0.39, 0.29) is 22.9 Å². The lowest BCUT2D eigenvalue weighted by Gasteiger charge is -2.12. The first kappa shape index (κ1) is 22.7. The lowest BCUT2D eigenvalue weighted by molar-refractivity contribution is -0.137. The Morgan fingerprint density at radius 3 is 2.39 bits per heavy atom. The van der Waals surface area contributed by atoms with Crippen LogP contribution in [0.3, 0.4) is 0 Å². The number of nitrogens with one attached hydrogen (secondary N) is 2. The SMILES string of the molecule is Cn1ccnc1SCC(=O)Nc1ccc(C(=O)Nc2ccc(Cl)c(C(F)(F)F)c2)cc1. The Balaban J connectivity index is 1.59. The summed E-state index contributed by atoms with van der Waals surface area (Å²) in [7, 11) is 1.82. The average molecular weight is 469 g/mol. The molecule has 31 heavy (non-hydrogen) atoms. The minimum Gasteiger partial charge on any atom is -0.329 e. The van der Waals surface area contributed by atoms with Crippen molar-refractivity contribution in [2.45, 2.75) is 11.3 Å². The van der Waals surface area contributed by atoms with E-state index in [4.69, 9.17) is 11.6 Å². The molecule has 6 nitrogen and oxygen atoms in total. The molecule has 1 aromatic heterocycles. The fourth-order valence-electron chi connectivity index (χ4n) is 2.55. The standard InChI is InChI=1S/C20H16ClF3N4O2S/c1-28-9-8-25-19(28)31-11-17(29)26-13-4-2-12(3-5-13)18(30)27-14-6-7-16(21)15(10-14)20(22,23)24/h2-10H,11H2,1H3,(H,26,29)(H,27,30). The summed E-state index contributed by atoms with van der Waals surface area (Å²) < 4.78 is 40.7. The lowest BCUT2D eigenvalue weighted by atomic mass is 10.1. The van der Waals surface area contributed by atoms with Gasteiger partial charge in [-0.25, -0.2) is 4.98 Å². The Hall–Kier alpha value is -2.98. The molecule has 0 saturated heterocycles. The molecular formula is C20H16ClF3N4O2S. The zero-order chi connectivity index (χ0) is 22.6. The second kappa shape index (κ2) is 9.44. The van der Waals surface area contributed by atoms with Crippen molar-refractivity contribution in [1.82, 2.24) is 9.55 Å². The number of aromatic nitrogens is 2. The van der Waals surface area contributed by atoms with Gasteiger partial charge in [0.25, 0.3) is 5.91 Å². The maximum atomic E-state index is 13.0. The monoisotopic (exact) mass is 468 g/mol. The molecule has 2 aromatic carbocycles. The molecule has 1 heterocycles. The second-order valence-electron chi connectivity index (χ2n) is 6.38. The summed E-state index contributed by atoms with van der Waals surface area (Å²) in [5.74, 6) is -0.685. The number of anilines is 2. The van der Waals surface area contributed by atoms with Gasteiger partial charge in [0, 0.05) is 36.4 Å². The Kier molecular flexibility index (Phi) is 6.91. The number of alkyl halides is 3. The van der Waals surface area contributed by atoms with E-state index in [0.29, 0.717) is 10.8 Å². The number of amides is 2. The summed E-state index contributed by atoms with van der Waals surface area (Å²) in [5, 5.41) is 5.36. The number of hydrogen-bond acceptors (Lipinski definition) is 4. The van der Waals surface area contributed by atoms with Crippen LogP contribution in [0.15, 0.2) is 60.0 Å². The number of carbonyl (C=O) groups excluding carboxylic acids is 2. The third-order valence-electron chi connectivity index (χ3n) is 4.07. The van der Waals surface area contributed by atoms with Crippen LogP contribution in [0.4, 0.5) is 24.5 Å². The molecule has 0 saturated carbocycles. The molecule has 0 aliphatic carbocycles. The van der Waals surface area contributed by atoms with E-state index < -0.39 is 22.7 Å². The van der Waals surface area contributed by atoms with Crippen molar-refractivity contribution < 1.29 is 22.8 Å². The smallest absolute Gasteiger partial charge is 0.329 e. The van der Waals surface area contributed by atoms with Crippen LogP contribution in [0.5, 0.6) is 0 Å². The molecule has 0 spiro atoms. The van der Waals surface area contributed by atoms with E-state index in [1.54, 1.807) is 17.0 Å². The molecule has 162 valence electrons. The van der Waals surface area contributed by atoms with Gasteiger partial charge < -0.3 is 15.2 Å². The molecular weight excluding hydrogens is 453 g/mol. The fourth-order valence-corrected chi connectivity index (χ4v) is 3.50. The van der Waals surface area contributed by atoms with Gasteiger partial charge in [0.2, 0.25) is 5.91 Å². The first-order chi connectivity index (χ1) is 14.6. The van der Waals surface area contributed by atoms with Crippen molar-refractivity contribution >= 4 is 46.6 Å². The van der Waals surface area contributed by atoms with Crippen LogP contribution in [-0.4, -0.2) is 27.1 Å². The van der Waals surface area contributed by atoms with Crippen LogP contribution in [0.1, 0.15) is 15.9 Å². The average Bonchev–Trinajstić information content (AvgIpc) is 3.12. The topological polar surface area (TPSA) is 76.0 Å². The van der Waals surface area contributed by atoms with Crippen molar-refractivity contribution in [3.05, 3.63) is 71.0 Å². The highest BCUT2D eigenvalue weighted by atomic mass is 35.5. The minimum atomic E-state index is -4.63. The van der Waals surface area contributed by atoms with Gasteiger partial charge in [-0.2, -0.15) is 13.2 Å². The van der Waals surface area contributed by atoms with Crippen LogP contribution < -0.4 is 10.6 Å². The van der Waals surface area contributed by atoms with E-state index in [1.165, 1.54) is 42.1 Å². The van der Waals surface area contributed by atoms with Gasteiger partial charge in [0.1, 0.15) is 0 Å². The number of benzene rings is 2. The summed E-state index contributed by atoms with van der Waals surface area (Å²) in [4.78, 5) is 28.5. The highest BCUT2D eigenvalue weighted by molar-refractivity contribution is 7.99. The van der Waals surface area contributed by atoms with Crippen LogP contribution in [0.2, 0.25) is 5.02 Å². The Bertz CT molecular complexity index is 1100. The predicted octanol–water partition coefficient (Wildman–Crippen LogP) is 5.08. The molecule has 0 fully saturated rings. The van der Waals surface area contributed by atoms with Crippen molar-refractivity contribution in [2.75, 3.05) is 16.4 Å². The number of halogens is 4. The molecule has 0 bridgehead atoms. The summed E-state index contributed by atoms with van der Waals surface area (Å²) in [6, 6.07) is 9.09. The maximum Gasteiger partial charge on any atom is 0.417 e. The highest BCUT2D eigenvalue weighted by Crippen LogP contribution is 2.36. The molecule has 0 aliphatic heterocycles.